The van der Waals surface area contributed by atoms with E-state index in [-0.39, 0.29) is 0 Å². The predicted octanol–water partition coefficient (Wildman–Crippen LogP) is 3.01. The maximum absolute atomic E-state index is 12.1. The van der Waals surface area contributed by atoms with Crippen LogP contribution in [0.2, 0.25) is 0 Å². The normalized spacial score (nSPS) is 11.8. The molecule has 1 heterocycles. The van der Waals surface area contributed by atoms with Gasteiger partial charge in [-0.2, -0.15) is 13.2 Å². The van der Waals surface area contributed by atoms with Gasteiger partial charge in [-0.25, -0.2) is 4.98 Å². The van der Waals surface area contributed by atoms with Gasteiger partial charge in [-0.05, 0) is 41.6 Å². The highest BCUT2D eigenvalue weighted by Gasteiger charge is 2.32. The van der Waals surface area contributed by atoms with Gasteiger partial charge in [0.25, 0.3) is 0 Å². The van der Waals surface area contributed by atoms with Crippen molar-refractivity contribution in [2.45, 2.75) is 13.1 Å². The van der Waals surface area contributed by atoms with Gasteiger partial charge in [0.05, 0.1) is 0 Å². The van der Waals surface area contributed by atoms with Crippen molar-refractivity contribution >= 4 is 22.6 Å². The molecule has 1 aromatic rings. The maximum atomic E-state index is 12.1. The van der Waals surface area contributed by atoms with Gasteiger partial charge in [0.1, 0.15) is 5.69 Å². The van der Waals surface area contributed by atoms with Gasteiger partial charge in [0.15, 0.2) is 0 Å². The Morgan fingerprint density at radius 3 is 2.33 bits per heavy atom. The molecule has 0 radical (unpaired) electrons. The number of nitrogens with zero attached hydrogens (tertiary/aromatic N) is 1. The zero-order chi connectivity index (χ0) is 9.35. The maximum Gasteiger partial charge on any atom is 0.433 e. The number of hydrogen-bond donors (Lipinski definition) is 0. The van der Waals surface area contributed by atoms with Crippen molar-refractivity contribution in [2.75, 3.05) is 0 Å². The predicted molar refractivity (Wildman–Crippen MR) is 46.7 cm³/mol. The molecule has 0 atom stereocenters. The summed E-state index contributed by atoms with van der Waals surface area (Å²) in [5.41, 5.74) is -0.443. The molecule has 0 unspecified atom stereocenters. The lowest BCUT2D eigenvalue weighted by atomic mass is 10.3. The van der Waals surface area contributed by atoms with Crippen LogP contribution in [0.1, 0.15) is 11.4 Å². The molecule has 0 amide bonds. The fourth-order valence-corrected chi connectivity index (χ4v) is 1.52. The highest BCUT2D eigenvalue weighted by molar-refractivity contribution is 14.1. The monoisotopic (exact) mass is 287 g/mol. The molecule has 1 nitrogen and oxygen atoms in total. The van der Waals surface area contributed by atoms with E-state index in [2.05, 4.69) is 4.98 Å². The molecule has 5 heteroatoms. The van der Waals surface area contributed by atoms with Crippen LogP contribution in [0.3, 0.4) is 0 Å². The Morgan fingerprint density at radius 1 is 1.33 bits per heavy atom. The zero-order valence-electron chi connectivity index (χ0n) is 6.11. The summed E-state index contributed by atoms with van der Waals surface area (Å²) in [6.45, 7) is 1.54. The van der Waals surface area contributed by atoms with Gasteiger partial charge < -0.3 is 0 Å². The number of alkyl halides is 3. The van der Waals surface area contributed by atoms with E-state index in [9.17, 15) is 13.2 Å². The third-order valence-electron chi connectivity index (χ3n) is 1.21. The first-order chi connectivity index (χ1) is 5.39. The summed E-state index contributed by atoms with van der Waals surface area (Å²) in [5, 5.41) is 0. The number of hydrogen-bond acceptors (Lipinski definition) is 1. The SMILES string of the molecule is Cc1cc(I)cc(C(F)(F)F)n1. The standard InChI is InChI=1S/C7H5F3IN/c1-4-2-5(11)3-6(12-4)7(8,9)10/h2-3H,1H3. The highest BCUT2D eigenvalue weighted by atomic mass is 127. The first-order valence-electron chi connectivity index (χ1n) is 3.11. The Hall–Kier alpha value is -0.330. The van der Waals surface area contributed by atoms with E-state index >= 15 is 0 Å². The van der Waals surface area contributed by atoms with E-state index < -0.39 is 11.9 Å². The molecule has 0 fully saturated rings. The van der Waals surface area contributed by atoms with E-state index in [1.54, 1.807) is 6.07 Å². The number of pyridine rings is 1. The molecule has 0 aromatic carbocycles. The number of aryl methyl sites for hydroxylation is 1. The summed E-state index contributed by atoms with van der Waals surface area (Å²) in [6.07, 6.45) is -4.34. The van der Waals surface area contributed by atoms with E-state index in [0.717, 1.165) is 6.07 Å². The Morgan fingerprint density at radius 2 is 1.92 bits per heavy atom. The zero-order valence-corrected chi connectivity index (χ0v) is 8.27. The van der Waals surface area contributed by atoms with Crippen LogP contribution in [0.25, 0.3) is 0 Å². The third-order valence-corrected chi connectivity index (χ3v) is 1.83. The Bertz CT molecular complexity index is 275. The fourth-order valence-electron chi connectivity index (χ4n) is 0.772. The lowest BCUT2D eigenvalue weighted by Gasteiger charge is -2.06. The van der Waals surface area contributed by atoms with Gasteiger partial charge in [0, 0.05) is 9.26 Å². The lowest BCUT2D eigenvalue weighted by Crippen LogP contribution is -2.08. The molecule has 1 rings (SSSR count). The average Bonchev–Trinajstić information content (AvgIpc) is 1.82. The molecule has 0 spiro atoms. The summed E-state index contributed by atoms with van der Waals surface area (Å²) < 4.78 is 36.8. The first kappa shape index (κ1) is 9.76. The van der Waals surface area contributed by atoms with Crippen LogP contribution >= 0.6 is 22.6 Å². The summed E-state index contributed by atoms with van der Waals surface area (Å²) in [4.78, 5) is 3.38. The second kappa shape index (κ2) is 3.20. The Labute approximate surface area is 81.1 Å². The summed E-state index contributed by atoms with van der Waals surface area (Å²) in [7, 11) is 0. The van der Waals surface area contributed by atoms with E-state index in [4.69, 9.17) is 0 Å². The van der Waals surface area contributed by atoms with Gasteiger partial charge in [0.2, 0.25) is 0 Å². The van der Waals surface area contributed by atoms with Crippen molar-refractivity contribution in [1.29, 1.82) is 0 Å². The average molecular weight is 287 g/mol. The second-order valence-corrected chi connectivity index (χ2v) is 3.56. The summed E-state index contributed by atoms with van der Waals surface area (Å²) >= 11 is 1.83. The highest BCUT2D eigenvalue weighted by Crippen LogP contribution is 2.28. The molecule has 66 valence electrons. The van der Waals surface area contributed by atoms with Crippen molar-refractivity contribution in [3.63, 3.8) is 0 Å². The molecule has 0 aliphatic heterocycles. The number of halogens is 4. The van der Waals surface area contributed by atoms with Gasteiger partial charge in [-0.3, -0.25) is 0 Å². The van der Waals surface area contributed by atoms with Crippen molar-refractivity contribution < 1.29 is 13.2 Å². The van der Waals surface area contributed by atoms with Crippen LogP contribution in [0.5, 0.6) is 0 Å². The third kappa shape index (κ3) is 2.33. The molecule has 12 heavy (non-hydrogen) atoms. The smallest absolute Gasteiger partial charge is 0.249 e. The van der Waals surface area contributed by atoms with Gasteiger partial charge in [-0.1, -0.05) is 0 Å². The lowest BCUT2D eigenvalue weighted by molar-refractivity contribution is -0.141. The molecule has 0 N–H and O–H groups in total. The van der Waals surface area contributed by atoms with E-state index in [1.165, 1.54) is 6.92 Å². The van der Waals surface area contributed by atoms with Crippen molar-refractivity contribution in [1.82, 2.24) is 4.98 Å². The molecule has 0 saturated heterocycles. The van der Waals surface area contributed by atoms with Gasteiger partial charge in [-0.15, -0.1) is 0 Å². The van der Waals surface area contributed by atoms with E-state index in [0.29, 0.717) is 9.26 Å². The number of rotatable bonds is 0. The van der Waals surface area contributed by atoms with Crippen molar-refractivity contribution in [3.8, 4) is 0 Å². The largest absolute Gasteiger partial charge is 0.433 e. The molecule has 0 aliphatic carbocycles. The topological polar surface area (TPSA) is 12.9 Å². The number of aromatic nitrogens is 1. The summed E-state index contributed by atoms with van der Waals surface area (Å²) in [6, 6.07) is 2.61. The van der Waals surface area contributed by atoms with Crippen LogP contribution < -0.4 is 0 Å². The molecular weight excluding hydrogens is 282 g/mol. The van der Waals surface area contributed by atoms with E-state index in [1.807, 2.05) is 22.6 Å². The van der Waals surface area contributed by atoms with Crippen LogP contribution in [0.15, 0.2) is 12.1 Å². The minimum Gasteiger partial charge on any atom is -0.249 e. The Kier molecular flexibility index (Phi) is 2.60. The van der Waals surface area contributed by atoms with Crippen molar-refractivity contribution in [3.05, 3.63) is 27.1 Å². The van der Waals surface area contributed by atoms with Crippen molar-refractivity contribution in [2.24, 2.45) is 0 Å². The minimum absolute atomic E-state index is 0.384. The molecule has 0 bridgehead atoms. The molecular formula is C7H5F3IN. The van der Waals surface area contributed by atoms with Crippen LogP contribution in [-0.2, 0) is 6.18 Å². The molecule has 0 aliphatic rings. The van der Waals surface area contributed by atoms with Gasteiger partial charge >= 0.3 is 6.18 Å². The fraction of sp³-hybridized carbons (Fsp3) is 0.286. The second-order valence-electron chi connectivity index (χ2n) is 2.31. The minimum atomic E-state index is -4.34. The first-order valence-corrected chi connectivity index (χ1v) is 4.19. The Balaban J connectivity index is 3.18. The van der Waals surface area contributed by atoms with Crippen LogP contribution in [0.4, 0.5) is 13.2 Å². The van der Waals surface area contributed by atoms with Crippen LogP contribution in [0, 0.1) is 10.5 Å². The molecule has 0 saturated carbocycles. The quantitative estimate of drug-likeness (QED) is 0.668. The van der Waals surface area contributed by atoms with Crippen LogP contribution in [-0.4, -0.2) is 4.98 Å². The molecule has 1 aromatic heterocycles. The summed E-state index contributed by atoms with van der Waals surface area (Å²) in [5.74, 6) is 0.